The van der Waals surface area contributed by atoms with E-state index in [4.69, 9.17) is 10.5 Å². The lowest BCUT2D eigenvalue weighted by molar-refractivity contribution is -0.122. The van der Waals surface area contributed by atoms with Gasteiger partial charge in [-0.3, -0.25) is 4.79 Å². The molecule has 1 fully saturated rings. The molecule has 0 aliphatic carbocycles. The van der Waals surface area contributed by atoms with Gasteiger partial charge in [-0.1, -0.05) is 0 Å². The second kappa shape index (κ2) is 5.19. The molecule has 1 aliphatic heterocycles. The maximum absolute atomic E-state index is 11.0. The molecule has 0 spiro atoms. The fourth-order valence-corrected chi connectivity index (χ4v) is 1.39. The lowest BCUT2D eigenvalue weighted by atomic mass is 10.2. The molecule has 1 amide bonds. The van der Waals surface area contributed by atoms with Gasteiger partial charge >= 0.3 is 0 Å². The van der Waals surface area contributed by atoms with Crippen LogP contribution in [0.5, 0.6) is 0 Å². The third-order valence-corrected chi connectivity index (χ3v) is 2.20. The standard InChI is InChI=1S/C9H18N2O2/c1-7(10)9(12)11-5-4-8-3-2-6-13-8/h7-8H,2-6,10H2,1H3,(H,11,12)/t7-,8?/m0/s1. The monoisotopic (exact) mass is 186 g/mol. The van der Waals surface area contributed by atoms with Crippen LogP contribution in [-0.4, -0.2) is 31.2 Å². The Morgan fingerprint density at radius 2 is 2.54 bits per heavy atom. The second-order valence-corrected chi connectivity index (χ2v) is 3.50. The van der Waals surface area contributed by atoms with Gasteiger partial charge in [0.05, 0.1) is 12.1 Å². The first-order valence-electron chi connectivity index (χ1n) is 4.85. The van der Waals surface area contributed by atoms with E-state index in [2.05, 4.69) is 5.32 Å². The zero-order valence-electron chi connectivity index (χ0n) is 8.08. The Kier molecular flexibility index (Phi) is 4.18. The van der Waals surface area contributed by atoms with Crippen molar-refractivity contribution in [2.24, 2.45) is 5.73 Å². The lowest BCUT2D eigenvalue weighted by Crippen LogP contribution is -2.39. The summed E-state index contributed by atoms with van der Waals surface area (Å²) in [7, 11) is 0. The minimum atomic E-state index is -0.413. The molecule has 0 radical (unpaired) electrons. The summed E-state index contributed by atoms with van der Waals surface area (Å²) in [4.78, 5) is 11.0. The average molecular weight is 186 g/mol. The van der Waals surface area contributed by atoms with Gasteiger partial charge in [0.15, 0.2) is 0 Å². The molecule has 1 aliphatic rings. The van der Waals surface area contributed by atoms with Crippen LogP contribution in [0.15, 0.2) is 0 Å². The predicted octanol–water partition coefficient (Wildman–Crippen LogP) is 0.0189. The van der Waals surface area contributed by atoms with Gasteiger partial charge in [0.25, 0.3) is 0 Å². The number of nitrogens with one attached hydrogen (secondary N) is 1. The number of carbonyl (C=O) groups is 1. The molecule has 76 valence electrons. The van der Waals surface area contributed by atoms with E-state index in [1.165, 1.54) is 0 Å². The van der Waals surface area contributed by atoms with E-state index in [9.17, 15) is 4.79 Å². The van der Waals surface area contributed by atoms with E-state index in [0.29, 0.717) is 12.6 Å². The topological polar surface area (TPSA) is 64.4 Å². The summed E-state index contributed by atoms with van der Waals surface area (Å²) in [5.41, 5.74) is 5.39. The highest BCUT2D eigenvalue weighted by Gasteiger charge is 2.15. The number of nitrogens with two attached hydrogens (primary N) is 1. The number of ether oxygens (including phenoxy) is 1. The minimum absolute atomic E-state index is 0.0852. The molecule has 0 aromatic heterocycles. The molecule has 0 aromatic rings. The second-order valence-electron chi connectivity index (χ2n) is 3.50. The van der Waals surface area contributed by atoms with Crippen LogP contribution in [0.4, 0.5) is 0 Å². The maximum atomic E-state index is 11.0. The van der Waals surface area contributed by atoms with Gasteiger partial charge in [0.1, 0.15) is 0 Å². The van der Waals surface area contributed by atoms with Crippen LogP contribution >= 0.6 is 0 Å². The van der Waals surface area contributed by atoms with Gasteiger partial charge in [-0.2, -0.15) is 0 Å². The van der Waals surface area contributed by atoms with Crippen LogP contribution < -0.4 is 11.1 Å². The Labute approximate surface area is 78.8 Å². The Hall–Kier alpha value is -0.610. The summed E-state index contributed by atoms with van der Waals surface area (Å²) in [5, 5.41) is 2.77. The Bertz CT molecular complexity index is 165. The molecule has 1 heterocycles. The smallest absolute Gasteiger partial charge is 0.236 e. The third-order valence-electron chi connectivity index (χ3n) is 2.20. The van der Waals surface area contributed by atoms with E-state index in [1.54, 1.807) is 6.92 Å². The van der Waals surface area contributed by atoms with Crippen molar-refractivity contribution < 1.29 is 9.53 Å². The molecule has 0 saturated carbocycles. The van der Waals surface area contributed by atoms with E-state index < -0.39 is 6.04 Å². The van der Waals surface area contributed by atoms with Gasteiger partial charge in [-0.05, 0) is 26.2 Å². The Morgan fingerprint density at radius 1 is 1.77 bits per heavy atom. The zero-order chi connectivity index (χ0) is 9.68. The van der Waals surface area contributed by atoms with Gasteiger partial charge in [0.2, 0.25) is 5.91 Å². The van der Waals surface area contributed by atoms with E-state index >= 15 is 0 Å². The van der Waals surface area contributed by atoms with E-state index in [0.717, 1.165) is 25.9 Å². The quantitative estimate of drug-likeness (QED) is 0.650. The van der Waals surface area contributed by atoms with Crippen molar-refractivity contribution in [3.05, 3.63) is 0 Å². The van der Waals surface area contributed by atoms with Crippen LogP contribution in [0.3, 0.4) is 0 Å². The summed E-state index contributed by atoms with van der Waals surface area (Å²) >= 11 is 0. The third kappa shape index (κ3) is 3.74. The number of hydrogen-bond donors (Lipinski definition) is 2. The molecular weight excluding hydrogens is 168 g/mol. The normalized spacial score (nSPS) is 24.3. The van der Waals surface area contributed by atoms with Crippen LogP contribution in [0.25, 0.3) is 0 Å². The van der Waals surface area contributed by atoms with Gasteiger partial charge in [-0.25, -0.2) is 0 Å². The first-order chi connectivity index (χ1) is 6.20. The maximum Gasteiger partial charge on any atom is 0.236 e. The Balaban J connectivity index is 2.03. The first kappa shape index (κ1) is 10.5. The molecule has 1 rings (SSSR count). The highest BCUT2D eigenvalue weighted by molar-refractivity contribution is 5.80. The fourth-order valence-electron chi connectivity index (χ4n) is 1.39. The Morgan fingerprint density at radius 3 is 3.08 bits per heavy atom. The lowest BCUT2D eigenvalue weighted by Gasteiger charge is -2.11. The van der Waals surface area contributed by atoms with Crippen molar-refractivity contribution in [3.8, 4) is 0 Å². The number of carbonyl (C=O) groups excluding carboxylic acids is 1. The summed E-state index contributed by atoms with van der Waals surface area (Å²) in [5.74, 6) is -0.0852. The summed E-state index contributed by atoms with van der Waals surface area (Å²) in [6.07, 6.45) is 3.51. The van der Waals surface area contributed by atoms with Gasteiger partial charge in [-0.15, -0.1) is 0 Å². The van der Waals surface area contributed by atoms with Crippen molar-refractivity contribution in [2.75, 3.05) is 13.2 Å². The molecule has 1 unspecified atom stereocenters. The molecule has 0 aromatic carbocycles. The van der Waals surface area contributed by atoms with Gasteiger partial charge < -0.3 is 15.8 Å². The first-order valence-corrected chi connectivity index (χ1v) is 4.85. The molecule has 0 bridgehead atoms. The molecule has 4 heteroatoms. The molecule has 3 N–H and O–H groups in total. The van der Waals surface area contributed by atoms with Crippen molar-refractivity contribution in [3.63, 3.8) is 0 Å². The van der Waals surface area contributed by atoms with Crippen molar-refractivity contribution >= 4 is 5.91 Å². The molecule has 13 heavy (non-hydrogen) atoms. The minimum Gasteiger partial charge on any atom is -0.378 e. The number of hydrogen-bond acceptors (Lipinski definition) is 3. The summed E-state index contributed by atoms with van der Waals surface area (Å²) < 4.78 is 5.41. The van der Waals surface area contributed by atoms with Crippen molar-refractivity contribution in [1.82, 2.24) is 5.32 Å². The van der Waals surface area contributed by atoms with Crippen LogP contribution in [-0.2, 0) is 9.53 Å². The SMILES string of the molecule is C[C@H](N)C(=O)NCCC1CCCO1. The molecule has 2 atom stereocenters. The zero-order valence-corrected chi connectivity index (χ0v) is 8.08. The van der Waals surface area contributed by atoms with E-state index in [-0.39, 0.29) is 5.91 Å². The average Bonchev–Trinajstić information content (AvgIpc) is 2.56. The predicted molar refractivity (Wildman–Crippen MR) is 50.3 cm³/mol. The van der Waals surface area contributed by atoms with Crippen LogP contribution in [0.2, 0.25) is 0 Å². The molecular formula is C9H18N2O2. The van der Waals surface area contributed by atoms with Crippen molar-refractivity contribution in [2.45, 2.75) is 38.3 Å². The van der Waals surface area contributed by atoms with Crippen molar-refractivity contribution in [1.29, 1.82) is 0 Å². The molecule has 1 saturated heterocycles. The highest BCUT2D eigenvalue weighted by atomic mass is 16.5. The largest absolute Gasteiger partial charge is 0.378 e. The summed E-state index contributed by atoms with van der Waals surface area (Å²) in [6.45, 7) is 3.22. The summed E-state index contributed by atoms with van der Waals surface area (Å²) in [6, 6.07) is -0.413. The number of rotatable bonds is 4. The van der Waals surface area contributed by atoms with Gasteiger partial charge in [0, 0.05) is 13.2 Å². The fraction of sp³-hybridized carbons (Fsp3) is 0.889. The molecule has 4 nitrogen and oxygen atoms in total. The van der Waals surface area contributed by atoms with Crippen LogP contribution in [0.1, 0.15) is 26.2 Å². The van der Waals surface area contributed by atoms with Crippen LogP contribution in [0, 0.1) is 0 Å². The highest BCUT2D eigenvalue weighted by Crippen LogP contribution is 2.14. The number of amides is 1. The van der Waals surface area contributed by atoms with E-state index in [1.807, 2.05) is 0 Å².